The number of fused-ring (bicyclic) bond motifs is 1. The van der Waals surface area contributed by atoms with E-state index in [-0.39, 0.29) is 18.8 Å². The second kappa shape index (κ2) is 22.5. The van der Waals surface area contributed by atoms with Gasteiger partial charge in [0.25, 0.3) is 0 Å². The molecule has 7 rings (SSSR count). The number of hydrogen-bond acceptors (Lipinski definition) is 6. The van der Waals surface area contributed by atoms with Crippen molar-refractivity contribution >= 4 is 5.78 Å². The fraction of sp³-hybridized carbons (Fsp3) is 0.259. The number of hydrogen-bond donors (Lipinski definition) is 0. The van der Waals surface area contributed by atoms with E-state index >= 15 is 0 Å². The Hall–Kier alpha value is -6.79. The van der Waals surface area contributed by atoms with Crippen LogP contribution >= 0.6 is 0 Å². The molecule has 6 aromatic carbocycles. The van der Waals surface area contributed by atoms with Gasteiger partial charge in [0.05, 0.1) is 6.42 Å². The van der Waals surface area contributed by atoms with E-state index < -0.39 is 6.10 Å². The molecule has 1 atom stereocenters. The zero-order chi connectivity index (χ0) is 44.7. The Kier molecular flexibility index (Phi) is 15.9. The summed E-state index contributed by atoms with van der Waals surface area (Å²) in [5.41, 5.74) is 10.9. The van der Waals surface area contributed by atoms with Crippen LogP contribution < -0.4 is 23.7 Å². The third kappa shape index (κ3) is 12.4. The quantitative estimate of drug-likeness (QED) is 0.0713. The van der Waals surface area contributed by atoms with Gasteiger partial charge in [-0.3, -0.25) is 4.79 Å². The molecule has 0 saturated carbocycles. The SMILES string of the molecule is CC(C)=CCC/C(C)=C\Cc1c([C@@H]2CC(=O)c3c(cc(OCc4ccccc4)c(CC=C(C)C)c3OCc3ccccc3)O2)ccc(OCc2ccccc2)c1OCc1ccccc1. The lowest BCUT2D eigenvalue weighted by atomic mass is 9.89. The number of ether oxygens (including phenoxy) is 5. The van der Waals surface area contributed by atoms with Gasteiger partial charge in [0, 0.05) is 22.8 Å². The predicted octanol–water partition coefficient (Wildman–Crippen LogP) is 14.5. The summed E-state index contributed by atoms with van der Waals surface area (Å²) in [6.07, 6.45) is 9.15. The molecule has 0 spiro atoms. The van der Waals surface area contributed by atoms with Crippen molar-refractivity contribution in [2.24, 2.45) is 0 Å². The third-order valence-corrected chi connectivity index (χ3v) is 11.2. The van der Waals surface area contributed by atoms with Crippen LogP contribution in [0.5, 0.6) is 28.7 Å². The van der Waals surface area contributed by atoms with Gasteiger partial charge in [-0.05, 0) is 88.6 Å². The van der Waals surface area contributed by atoms with Gasteiger partial charge in [0.2, 0.25) is 0 Å². The van der Waals surface area contributed by atoms with Crippen LogP contribution in [0, 0.1) is 0 Å². The molecule has 0 bridgehead atoms. The molecule has 6 heteroatoms. The van der Waals surface area contributed by atoms with E-state index in [2.05, 4.69) is 77.1 Å². The highest BCUT2D eigenvalue weighted by atomic mass is 16.5. The van der Waals surface area contributed by atoms with Crippen molar-refractivity contribution < 1.29 is 28.5 Å². The van der Waals surface area contributed by atoms with Gasteiger partial charge in [-0.1, -0.05) is 162 Å². The summed E-state index contributed by atoms with van der Waals surface area (Å²) in [6.45, 7) is 11.9. The van der Waals surface area contributed by atoms with E-state index in [1.54, 1.807) is 0 Å². The lowest BCUT2D eigenvalue weighted by Gasteiger charge is -2.31. The van der Waals surface area contributed by atoms with Crippen LogP contribution in [-0.4, -0.2) is 5.78 Å². The molecular weight excluding hydrogens is 793 g/mol. The first kappa shape index (κ1) is 45.2. The summed E-state index contributed by atoms with van der Waals surface area (Å²) in [5.74, 6) is 2.76. The molecule has 6 nitrogen and oxygen atoms in total. The highest BCUT2D eigenvalue weighted by Gasteiger charge is 2.36. The number of Topliss-reactive ketones (excluding diaryl/α,β-unsaturated/α-hetero) is 1. The van der Waals surface area contributed by atoms with Crippen molar-refractivity contribution in [3.63, 3.8) is 0 Å². The van der Waals surface area contributed by atoms with E-state index in [0.717, 1.165) is 57.4 Å². The Morgan fingerprint density at radius 1 is 0.547 bits per heavy atom. The summed E-state index contributed by atoms with van der Waals surface area (Å²) in [5, 5.41) is 0. The zero-order valence-corrected chi connectivity index (χ0v) is 37.9. The predicted molar refractivity (Wildman–Crippen MR) is 258 cm³/mol. The number of rotatable bonds is 20. The van der Waals surface area contributed by atoms with Crippen molar-refractivity contribution in [2.75, 3.05) is 0 Å². The molecule has 0 aliphatic carbocycles. The molecule has 0 N–H and O–H groups in total. The van der Waals surface area contributed by atoms with Gasteiger partial charge < -0.3 is 23.7 Å². The van der Waals surface area contributed by atoms with Crippen molar-refractivity contribution in [3.05, 3.63) is 219 Å². The molecule has 1 aliphatic rings. The van der Waals surface area contributed by atoms with Crippen molar-refractivity contribution in [1.82, 2.24) is 0 Å². The number of carbonyl (C=O) groups excluding carboxylic acids is 1. The summed E-state index contributed by atoms with van der Waals surface area (Å²) in [4.78, 5) is 14.9. The Labute approximate surface area is 379 Å². The second-order valence-electron chi connectivity index (χ2n) is 16.9. The first-order valence-corrected chi connectivity index (χ1v) is 22.4. The fourth-order valence-corrected chi connectivity index (χ4v) is 7.74. The highest BCUT2D eigenvalue weighted by molar-refractivity contribution is 6.03. The van der Waals surface area contributed by atoms with Gasteiger partial charge in [-0.25, -0.2) is 0 Å². The summed E-state index contributed by atoms with van der Waals surface area (Å²) < 4.78 is 33.8. The van der Waals surface area contributed by atoms with Crippen LogP contribution in [0.1, 0.15) is 109 Å². The molecule has 0 radical (unpaired) electrons. The molecule has 1 heterocycles. The fourth-order valence-electron chi connectivity index (χ4n) is 7.74. The maximum atomic E-state index is 14.9. The van der Waals surface area contributed by atoms with Crippen molar-refractivity contribution in [3.8, 4) is 28.7 Å². The normalized spacial score (nSPS) is 13.3. The molecular formula is C58H60O6. The molecule has 6 aromatic rings. The van der Waals surface area contributed by atoms with Crippen LogP contribution in [0.2, 0.25) is 0 Å². The minimum atomic E-state index is -0.621. The molecule has 0 unspecified atom stereocenters. The van der Waals surface area contributed by atoms with Crippen LogP contribution in [0.25, 0.3) is 0 Å². The monoisotopic (exact) mass is 852 g/mol. The van der Waals surface area contributed by atoms with E-state index in [1.165, 1.54) is 11.1 Å². The number of ketones is 1. The molecule has 0 fully saturated rings. The highest BCUT2D eigenvalue weighted by Crippen LogP contribution is 2.48. The first-order chi connectivity index (χ1) is 31.2. The first-order valence-electron chi connectivity index (χ1n) is 22.4. The average Bonchev–Trinajstić information content (AvgIpc) is 3.31. The lowest BCUT2D eigenvalue weighted by Crippen LogP contribution is -2.23. The largest absolute Gasteiger partial charge is 0.488 e. The van der Waals surface area contributed by atoms with Gasteiger partial charge in [0.1, 0.15) is 55.3 Å². The van der Waals surface area contributed by atoms with E-state index in [1.807, 2.05) is 115 Å². The smallest absolute Gasteiger partial charge is 0.174 e. The second-order valence-corrected chi connectivity index (χ2v) is 16.9. The Balaban J connectivity index is 1.33. The molecule has 64 heavy (non-hydrogen) atoms. The van der Waals surface area contributed by atoms with E-state index in [0.29, 0.717) is 67.0 Å². The zero-order valence-electron chi connectivity index (χ0n) is 37.9. The Morgan fingerprint density at radius 3 is 1.56 bits per heavy atom. The number of benzene rings is 6. The van der Waals surface area contributed by atoms with Gasteiger partial charge >= 0.3 is 0 Å². The van der Waals surface area contributed by atoms with Crippen molar-refractivity contribution in [2.45, 2.75) is 99.3 Å². The topological polar surface area (TPSA) is 63.2 Å². The number of allylic oxidation sites excluding steroid dienone is 6. The summed E-state index contributed by atoms with van der Waals surface area (Å²) >= 11 is 0. The number of carbonyl (C=O) groups is 1. The van der Waals surface area contributed by atoms with Crippen LogP contribution in [0.15, 0.2) is 174 Å². The standard InChI is InChI=1S/C58H60O6/c1-41(2)19-18-20-43(5)30-32-49-48(33-34-52(60-37-44-21-10-6-11-22-44)57(49)62-39-46-25-14-8-15-26-46)54-35-51(59)56-55(64-54)36-53(61-38-45-23-12-7-13-24-45)50(31-29-42(3)4)58(56)63-40-47-27-16-9-17-28-47/h6-17,19,21-30,33-34,36,54H,18,20,31-32,35,37-40H2,1-5H3/b43-30-/t54-/m0/s1. The summed E-state index contributed by atoms with van der Waals surface area (Å²) in [6, 6.07) is 46.3. The van der Waals surface area contributed by atoms with E-state index in [4.69, 9.17) is 23.7 Å². The van der Waals surface area contributed by atoms with Crippen molar-refractivity contribution in [1.29, 1.82) is 0 Å². The van der Waals surface area contributed by atoms with Gasteiger partial charge in [-0.2, -0.15) is 0 Å². The van der Waals surface area contributed by atoms with Gasteiger partial charge in [-0.15, -0.1) is 0 Å². The molecule has 328 valence electrons. The molecule has 0 aromatic heterocycles. The minimum absolute atomic E-state index is 0.0575. The minimum Gasteiger partial charge on any atom is -0.488 e. The van der Waals surface area contributed by atoms with E-state index in [9.17, 15) is 4.79 Å². The Bertz CT molecular complexity index is 2550. The molecule has 1 aliphatic heterocycles. The maximum absolute atomic E-state index is 14.9. The van der Waals surface area contributed by atoms with Crippen LogP contribution in [0.3, 0.4) is 0 Å². The third-order valence-electron chi connectivity index (χ3n) is 11.2. The molecule has 0 saturated heterocycles. The average molecular weight is 853 g/mol. The van der Waals surface area contributed by atoms with Gasteiger partial charge in [0.15, 0.2) is 17.3 Å². The maximum Gasteiger partial charge on any atom is 0.174 e. The van der Waals surface area contributed by atoms with Crippen LogP contribution in [-0.2, 0) is 39.3 Å². The van der Waals surface area contributed by atoms with Crippen LogP contribution in [0.4, 0.5) is 0 Å². The Morgan fingerprint density at radius 2 is 1.03 bits per heavy atom. The lowest BCUT2D eigenvalue weighted by molar-refractivity contribution is 0.0839. The summed E-state index contributed by atoms with van der Waals surface area (Å²) in [7, 11) is 0. The molecule has 0 amide bonds.